The molecule has 11 nitrogen and oxygen atoms in total. The summed E-state index contributed by atoms with van der Waals surface area (Å²) in [5.74, 6) is -0.0158. The van der Waals surface area contributed by atoms with Crippen molar-refractivity contribution in [1.29, 1.82) is 0 Å². The van der Waals surface area contributed by atoms with Crippen LogP contribution in [0.1, 0.15) is 27.8 Å². The number of carbonyl (C=O) groups is 1. The molecule has 0 bridgehead atoms. The first-order valence-electron chi connectivity index (χ1n) is 8.39. The first-order valence-corrected chi connectivity index (χ1v) is 8.39. The van der Waals surface area contributed by atoms with Gasteiger partial charge in [-0.3, -0.25) is 4.79 Å². The average Bonchev–Trinajstić information content (AvgIpc) is 3.29. The van der Waals surface area contributed by atoms with Gasteiger partial charge in [0.25, 0.3) is 0 Å². The molecule has 11 heteroatoms. The predicted molar refractivity (Wildman–Crippen MR) is 96.0 cm³/mol. The zero-order valence-electron chi connectivity index (χ0n) is 15.3. The quantitative estimate of drug-likeness (QED) is 0.454. The van der Waals surface area contributed by atoms with Gasteiger partial charge in [0.1, 0.15) is 12.3 Å². The number of aromatic nitrogens is 4. The molecule has 1 amide bonds. The van der Waals surface area contributed by atoms with Crippen LogP contribution in [-0.2, 0) is 13.0 Å². The number of rotatable bonds is 8. The van der Waals surface area contributed by atoms with Crippen molar-refractivity contribution in [2.24, 2.45) is 0 Å². The van der Waals surface area contributed by atoms with Gasteiger partial charge in [-0.25, -0.2) is 0 Å². The third-order valence-corrected chi connectivity index (χ3v) is 3.98. The van der Waals surface area contributed by atoms with Gasteiger partial charge in [0, 0.05) is 6.54 Å². The number of carbonyl (C=O) groups excluding carboxylic acids is 1. The Hall–Kier alpha value is -3.76. The number of para-hydroxylation sites is 1. The van der Waals surface area contributed by atoms with Crippen LogP contribution < -0.4 is 10.1 Å². The maximum atomic E-state index is 12.2. The molecule has 0 unspecified atom stereocenters. The molecule has 0 spiro atoms. The lowest BCUT2D eigenvalue weighted by molar-refractivity contribution is -0.389. The van der Waals surface area contributed by atoms with Crippen LogP contribution in [0.2, 0.25) is 0 Å². The van der Waals surface area contributed by atoms with Gasteiger partial charge in [-0.2, -0.15) is 9.67 Å². The average molecular weight is 386 g/mol. The zero-order chi connectivity index (χ0) is 20.1. The van der Waals surface area contributed by atoms with E-state index in [9.17, 15) is 14.9 Å². The Bertz CT molecular complexity index is 996. The fourth-order valence-corrected chi connectivity index (χ4v) is 2.58. The Kier molecular flexibility index (Phi) is 5.63. The van der Waals surface area contributed by atoms with Crippen LogP contribution in [0.25, 0.3) is 0 Å². The number of nitro groups is 1. The normalized spacial score (nSPS) is 10.6. The first-order chi connectivity index (χ1) is 13.5. The molecule has 1 aromatic carbocycles. The molecule has 0 saturated heterocycles. The summed E-state index contributed by atoms with van der Waals surface area (Å²) in [6, 6.07) is 8.87. The maximum absolute atomic E-state index is 12.2. The summed E-state index contributed by atoms with van der Waals surface area (Å²) in [4.78, 5) is 26.4. The van der Waals surface area contributed by atoms with Crippen LogP contribution in [0.15, 0.2) is 34.9 Å². The fourth-order valence-electron chi connectivity index (χ4n) is 2.58. The minimum atomic E-state index is -0.583. The molecule has 0 fully saturated rings. The first kappa shape index (κ1) is 19.0. The number of nitrogens with one attached hydrogen (secondary N) is 1. The van der Waals surface area contributed by atoms with Crippen molar-refractivity contribution in [2.75, 3.05) is 13.7 Å². The summed E-state index contributed by atoms with van der Waals surface area (Å²) in [5.41, 5.74) is 1.53. The number of nitrogens with zero attached hydrogens (tertiary/aromatic N) is 5. The van der Waals surface area contributed by atoms with Gasteiger partial charge < -0.3 is 24.7 Å². The highest BCUT2D eigenvalue weighted by Gasteiger charge is 2.19. The second kappa shape index (κ2) is 8.29. The molecule has 0 aliphatic carbocycles. The lowest BCUT2D eigenvalue weighted by Gasteiger charge is -2.07. The molecule has 0 radical (unpaired) electrons. The van der Waals surface area contributed by atoms with E-state index in [1.807, 2.05) is 24.3 Å². The Morgan fingerprint density at radius 2 is 2.18 bits per heavy atom. The van der Waals surface area contributed by atoms with Crippen LogP contribution in [0.4, 0.5) is 5.82 Å². The largest absolute Gasteiger partial charge is 0.496 e. The minimum Gasteiger partial charge on any atom is -0.496 e. The van der Waals surface area contributed by atoms with Gasteiger partial charge in [0.15, 0.2) is 5.82 Å². The third kappa shape index (κ3) is 4.31. The molecule has 0 aliphatic rings. The molecule has 1 N–H and O–H groups in total. The van der Waals surface area contributed by atoms with Gasteiger partial charge in [0.2, 0.25) is 0 Å². The predicted octanol–water partition coefficient (Wildman–Crippen LogP) is 1.51. The van der Waals surface area contributed by atoms with Crippen LogP contribution in [0, 0.1) is 17.0 Å². The van der Waals surface area contributed by atoms with E-state index in [0.717, 1.165) is 11.3 Å². The van der Waals surface area contributed by atoms with E-state index in [-0.39, 0.29) is 24.1 Å². The Labute approximate surface area is 159 Å². The van der Waals surface area contributed by atoms with E-state index in [1.54, 1.807) is 14.0 Å². The topological polar surface area (TPSA) is 138 Å². The van der Waals surface area contributed by atoms with Gasteiger partial charge in [-0.15, -0.1) is 0 Å². The SMILES string of the molecule is COc1ccccc1CCNC(=O)c1nc(Cn2nc([N+](=O)[O-])cc2C)no1. The van der Waals surface area contributed by atoms with Crippen molar-refractivity contribution >= 4 is 11.7 Å². The number of amides is 1. The molecule has 3 aromatic rings. The fraction of sp³-hybridized carbons (Fsp3) is 0.294. The van der Waals surface area contributed by atoms with E-state index in [4.69, 9.17) is 9.26 Å². The number of benzene rings is 1. The number of hydrogen-bond donors (Lipinski definition) is 1. The van der Waals surface area contributed by atoms with Crippen molar-refractivity contribution in [3.63, 3.8) is 0 Å². The monoisotopic (exact) mass is 386 g/mol. The number of methoxy groups -OCH3 is 1. The van der Waals surface area contributed by atoms with E-state index in [0.29, 0.717) is 18.7 Å². The van der Waals surface area contributed by atoms with Gasteiger partial charge >= 0.3 is 17.6 Å². The van der Waals surface area contributed by atoms with Gasteiger partial charge in [-0.05, 0) is 29.9 Å². The molecule has 0 atom stereocenters. The summed E-state index contributed by atoms with van der Waals surface area (Å²) in [6.07, 6.45) is 0.576. The maximum Gasteiger partial charge on any atom is 0.390 e. The lowest BCUT2D eigenvalue weighted by atomic mass is 10.1. The van der Waals surface area contributed by atoms with Crippen molar-refractivity contribution in [2.45, 2.75) is 19.9 Å². The second-order valence-electron chi connectivity index (χ2n) is 5.89. The summed E-state index contributed by atoms with van der Waals surface area (Å²) in [6.45, 7) is 2.09. The molecule has 2 heterocycles. The van der Waals surface area contributed by atoms with E-state index in [1.165, 1.54) is 10.7 Å². The zero-order valence-corrected chi connectivity index (χ0v) is 15.3. The molecule has 0 saturated carbocycles. The number of hydrogen-bond acceptors (Lipinski definition) is 8. The molecule has 28 heavy (non-hydrogen) atoms. The van der Waals surface area contributed by atoms with Crippen LogP contribution in [0.5, 0.6) is 5.75 Å². The van der Waals surface area contributed by atoms with Crippen LogP contribution in [-0.4, -0.2) is 44.4 Å². The summed E-state index contributed by atoms with van der Waals surface area (Å²) < 4.78 is 11.6. The highest BCUT2D eigenvalue weighted by atomic mass is 16.6. The van der Waals surface area contributed by atoms with Crippen LogP contribution in [0.3, 0.4) is 0 Å². The number of ether oxygens (including phenoxy) is 1. The van der Waals surface area contributed by atoms with E-state index in [2.05, 4.69) is 20.6 Å². The van der Waals surface area contributed by atoms with Gasteiger partial charge in [-0.1, -0.05) is 23.4 Å². The summed E-state index contributed by atoms with van der Waals surface area (Å²) in [7, 11) is 1.59. The third-order valence-electron chi connectivity index (χ3n) is 3.98. The minimum absolute atomic E-state index is 0.0532. The van der Waals surface area contributed by atoms with Crippen molar-refractivity contribution in [3.8, 4) is 5.75 Å². The highest BCUT2D eigenvalue weighted by molar-refractivity contribution is 5.89. The number of aryl methyl sites for hydroxylation is 1. The van der Waals surface area contributed by atoms with E-state index < -0.39 is 10.8 Å². The smallest absolute Gasteiger partial charge is 0.390 e. The van der Waals surface area contributed by atoms with Crippen molar-refractivity contribution < 1.29 is 19.0 Å². The highest BCUT2D eigenvalue weighted by Crippen LogP contribution is 2.17. The summed E-state index contributed by atoms with van der Waals surface area (Å²) in [5, 5.41) is 21.0. The standard InChI is InChI=1S/C17H18N6O5/c1-11-9-15(23(25)26)20-22(11)10-14-19-17(28-21-14)16(24)18-8-7-12-5-3-4-6-13(12)27-2/h3-6,9H,7-8,10H2,1-2H3,(H,18,24). The second-order valence-corrected chi connectivity index (χ2v) is 5.89. The Morgan fingerprint density at radius 1 is 1.39 bits per heavy atom. The summed E-state index contributed by atoms with van der Waals surface area (Å²) >= 11 is 0. The molecule has 0 aliphatic heterocycles. The van der Waals surface area contributed by atoms with Gasteiger partial charge in [0.05, 0.1) is 24.0 Å². The lowest BCUT2D eigenvalue weighted by Crippen LogP contribution is -2.26. The molecule has 3 rings (SSSR count). The molecule has 2 aromatic heterocycles. The van der Waals surface area contributed by atoms with E-state index >= 15 is 0 Å². The molecular formula is C17H18N6O5. The van der Waals surface area contributed by atoms with Crippen LogP contribution >= 0.6 is 0 Å². The molecular weight excluding hydrogens is 368 g/mol. The van der Waals surface area contributed by atoms with Crippen molar-refractivity contribution in [3.05, 3.63) is 63.4 Å². The molecule has 146 valence electrons. The van der Waals surface area contributed by atoms with Crippen molar-refractivity contribution in [1.82, 2.24) is 25.2 Å². The Balaban J connectivity index is 1.57. The Morgan fingerprint density at radius 3 is 2.89 bits per heavy atom.